The highest BCUT2D eigenvalue weighted by Gasteiger charge is 2.51. The SMILES string of the molecule is Cc1nn(C2=NC3C(C(=O)N(CCCc4ccccc4)C(=O)N3C)N2C)c(C)c1C. The number of likely N-dealkylation sites (N-methyl/N-ethyl adjacent to an activating group) is 2. The summed E-state index contributed by atoms with van der Waals surface area (Å²) >= 11 is 0. The van der Waals surface area contributed by atoms with E-state index < -0.39 is 12.2 Å². The maximum atomic E-state index is 13.3. The number of benzene rings is 1. The predicted octanol–water partition coefficient (Wildman–Crippen LogP) is 2.18. The van der Waals surface area contributed by atoms with Crippen LogP contribution >= 0.6 is 0 Å². The second-order valence-electron chi connectivity index (χ2n) is 8.08. The minimum atomic E-state index is -0.542. The lowest BCUT2D eigenvalue weighted by molar-refractivity contribution is -0.137. The van der Waals surface area contributed by atoms with E-state index >= 15 is 0 Å². The number of carbonyl (C=O) groups is 2. The molecular weight excluding hydrogens is 380 g/mol. The summed E-state index contributed by atoms with van der Waals surface area (Å²) in [6, 6.07) is 9.26. The topological polar surface area (TPSA) is 74.0 Å². The molecule has 3 heterocycles. The van der Waals surface area contributed by atoms with Crippen molar-refractivity contribution in [1.29, 1.82) is 0 Å². The number of hydrogen-bond donors (Lipinski definition) is 0. The predicted molar refractivity (Wildman–Crippen MR) is 114 cm³/mol. The van der Waals surface area contributed by atoms with Gasteiger partial charge in [-0.2, -0.15) is 5.10 Å². The first-order valence-electron chi connectivity index (χ1n) is 10.3. The molecule has 0 saturated carbocycles. The second kappa shape index (κ2) is 7.59. The van der Waals surface area contributed by atoms with Crippen molar-refractivity contribution in [3.63, 3.8) is 0 Å². The largest absolute Gasteiger partial charge is 0.328 e. The van der Waals surface area contributed by atoms with E-state index in [1.54, 1.807) is 16.6 Å². The monoisotopic (exact) mass is 408 g/mol. The Morgan fingerprint density at radius 1 is 1.00 bits per heavy atom. The summed E-state index contributed by atoms with van der Waals surface area (Å²) in [5.41, 5.74) is 4.21. The third kappa shape index (κ3) is 3.16. The van der Waals surface area contributed by atoms with Crippen LogP contribution < -0.4 is 0 Å². The highest BCUT2D eigenvalue weighted by Crippen LogP contribution is 2.28. The summed E-state index contributed by atoms with van der Waals surface area (Å²) in [4.78, 5) is 35.7. The molecule has 8 heteroatoms. The summed E-state index contributed by atoms with van der Waals surface area (Å²) in [5.74, 6) is 0.397. The lowest BCUT2D eigenvalue weighted by atomic mass is 10.1. The van der Waals surface area contributed by atoms with Crippen molar-refractivity contribution < 1.29 is 9.59 Å². The van der Waals surface area contributed by atoms with E-state index in [-0.39, 0.29) is 11.9 Å². The van der Waals surface area contributed by atoms with E-state index in [2.05, 4.69) is 17.2 Å². The normalized spacial score (nSPS) is 21.4. The van der Waals surface area contributed by atoms with Crippen LogP contribution in [0.1, 0.15) is 28.9 Å². The lowest BCUT2D eigenvalue weighted by Gasteiger charge is -2.40. The molecule has 1 saturated heterocycles. The summed E-state index contributed by atoms with van der Waals surface area (Å²) < 4.78 is 1.77. The van der Waals surface area contributed by atoms with Gasteiger partial charge in [0.25, 0.3) is 5.91 Å². The molecule has 2 aliphatic heterocycles. The summed E-state index contributed by atoms with van der Waals surface area (Å²) in [5, 5.41) is 4.59. The number of urea groups is 1. The van der Waals surface area contributed by atoms with Gasteiger partial charge in [0, 0.05) is 26.3 Å². The maximum absolute atomic E-state index is 13.3. The Hall–Kier alpha value is -3.16. The van der Waals surface area contributed by atoms with Gasteiger partial charge < -0.3 is 9.80 Å². The molecule has 2 atom stereocenters. The van der Waals surface area contributed by atoms with Gasteiger partial charge in [-0.15, -0.1) is 0 Å². The maximum Gasteiger partial charge on any atom is 0.328 e. The van der Waals surface area contributed by atoms with Crippen molar-refractivity contribution in [2.24, 2.45) is 4.99 Å². The average molecular weight is 409 g/mol. The Kier molecular flexibility index (Phi) is 5.09. The molecule has 0 spiro atoms. The van der Waals surface area contributed by atoms with Crippen molar-refractivity contribution in [3.8, 4) is 0 Å². The molecule has 2 aliphatic rings. The van der Waals surface area contributed by atoms with Gasteiger partial charge in [-0.3, -0.25) is 9.69 Å². The highest BCUT2D eigenvalue weighted by molar-refractivity contribution is 6.04. The molecule has 3 amide bonds. The van der Waals surface area contributed by atoms with E-state index in [0.29, 0.717) is 12.5 Å². The zero-order chi connectivity index (χ0) is 21.6. The van der Waals surface area contributed by atoms with Crippen LogP contribution in [0.4, 0.5) is 4.79 Å². The number of hydrogen-bond acceptors (Lipinski definition) is 5. The number of aryl methyl sites for hydroxylation is 2. The molecule has 2 unspecified atom stereocenters. The average Bonchev–Trinajstić information content (AvgIpc) is 3.21. The van der Waals surface area contributed by atoms with E-state index in [0.717, 1.165) is 29.8 Å². The second-order valence-corrected chi connectivity index (χ2v) is 8.08. The van der Waals surface area contributed by atoms with Crippen molar-refractivity contribution in [2.45, 2.75) is 45.8 Å². The number of carbonyl (C=O) groups excluding carboxylic acids is 2. The molecular formula is C22H28N6O2. The van der Waals surface area contributed by atoms with E-state index in [1.165, 1.54) is 10.5 Å². The van der Waals surface area contributed by atoms with Gasteiger partial charge in [0.05, 0.1) is 5.69 Å². The fourth-order valence-corrected chi connectivity index (χ4v) is 4.16. The molecule has 1 aromatic heterocycles. The Morgan fingerprint density at radius 2 is 1.70 bits per heavy atom. The molecule has 0 bridgehead atoms. The van der Waals surface area contributed by atoms with Crippen LogP contribution in [0.3, 0.4) is 0 Å². The van der Waals surface area contributed by atoms with Crippen LogP contribution in [0, 0.1) is 20.8 Å². The van der Waals surface area contributed by atoms with Gasteiger partial charge in [-0.05, 0) is 44.7 Å². The molecule has 2 aromatic rings. The first kappa shape index (κ1) is 20.1. The third-order valence-corrected chi connectivity index (χ3v) is 6.24. The molecule has 30 heavy (non-hydrogen) atoms. The first-order chi connectivity index (χ1) is 14.3. The fourth-order valence-electron chi connectivity index (χ4n) is 4.16. The van der Waals surface area contributed by atoms with Crippen LogP contribution in [-0.4, -0.2) is 75.2 Å². The number of aromatic nitrogens is 2. The smallest absolute Gasteiger partial charge is 0.328 e. The number of aliphatic imine (C=N–C) groups is 1. The Bertz CT molecular complexity index is 1010. The minimum Gasteiger partial charge on any atom is -0.328 e. The molecule has 0 aliphatic carbocycles. The third-order valence-electron chi connectivity index (χ3n) is 6.24. The fraction of sp³-hybridized carbons (Fsp3) is 0.455. The zero-order valence-electron chi connectivity index (χ0n) is 18.2. The lowest BCUT2D eigenvalue weighted by Crippen LogP contribution is -2.64. The number of nitrogens with zero attached hydrogens (tertiary/aromatic N) is 6. The van der Waals surface area contributed by atoms with E-state index in [9.17, 15) is 9.59 Å². The Morgan fingerprint density at radius 3 is 2.33 bits per heavy atom. The molecule has 8 nitrogen and oxygen atoms in total. The Balaban J connectivity index is 1.54. The van der Waals surface area contributed by atoms with Gasteiger partial charge in [-0.1, -0.05) is 30.3 Å². The number of fused-ring (bicyclic) bond motifs is 1. The van der Waals surface area contributed by atoms with Gasteiger partial charge in [0.2, 0.25) is 5.96 Å². The van der Waals surface area contributed by atoms with Crippen molar-refractivity contribution in [3.05, 3.63) is 52.8 Å². The van der Waals surface area contributed by atoms with Crippen LogP contribution in [0.2, 0.25) is 0 Å². The molecule has 0 radical (unpaired) electrons. The number of rotatable bonds is 4. The standard InChI is InChI=1S/C22H28N6O2/c1-14-15(2)24-28(16(14)3)21-23-19-18(25(21)4)20(29)27(22(30)26(19)5)13-9-12-17-10-7-6-8-11-17/h6-8,10-11,18-19H,9,12-13H2,1-5H3. The van der Waals surface area contributed by atoms with Gasteiger partial charge in [-0.25, -0.2) is 14.5 Å². The summed E-state index contributed by atoms with van der Waals surface area (Å²) in [6.07, 6.45) is 0.999. The minimum absolute atomic E-state index is 0.198. The van der Waals surface area contributed by atoms with Gasteiger partial charge in [0.1, 0.15) is 0 Å². The van der Waals surface area contributed by atoms with Crippen LogP contribution in [-0.2, 0) is 11.2 Å². The van der Waals surface area contributed by atoms with Crippen LogP contribution in [0.5, 0.6) is 0 Å². The number of imide groups is 1. The Labute approximate surface area is 176 Å². The van der Waals surface area contributed by atoms with E-state index in [4.69, 9.17) is 4.99 Å². The summed E-state index contributed by atoms with van der Waals surface area (Å²) in [7, 11) is 3.56. The highest BCUT2D eigenvalue weighted by atomic mass is 16.2. The van der Waals surface area contributed by atoms with Gasteiger partial charge >= 0.3 is 6.03 Å². The molecule has 1 fully saturated rings. The first-order valence-corrected chi connectivity index (χ1v) is 10.3. The molecule has 158 valence electrons. The zero-order valence-corrected chi connectivity index (χ0v) is 18.2. The van der Waals surface area contributed by atoms with Crippen LogP contribution in [0.25, 0.3) is 0 Å². The van der Waals surface area contributed by atoms with Crippen molar-refractivity contribution >= 4 is 17.9 Å². The molecule has 4 rings (SSSR count). The quantitative estimate of drug-likeness (QED) is 0.777. The van der Waals surface area contributed by atoms with Gasteiger partial charge in [0.15, 0.2) is 12.2 Å². The molecule has 0 N–H and O–H groups in total. The number of amides is 3. The van der Waals surface area contributed by atoms with Crippen molar-refractivity contribution in [1.82, 2.24) is 24.5 Å². The molecule has 1 aromatic carbocycles. The van der Waals surface area contributed by atoms with Crippen molar-refractivity contribution in [2.75, 3.05) is 20.6 Å². The summed E-state index contributed by atoms with van der Waals surface area (Å²) in [6.45, 7) is 6.35. The van der Waals surface area contributed by atoms with E-state index in [1.807, 2.05) is 50.9 Å². The van der Waals surface area contributed by atoms with Crippen LogP contribution in [0.15, 0.2) is 35.3 Å².